The fraction of sp³-hybridized carbons (Fsp3) is 0.600. The molecule has 3 rings (SSSR count). The predicted octanol–water partition coefficient (Wildman–Crippen LogP) is -0.165. The lowest BCUT2D eigenvalue weighted by Crippen LogP contribution is -2.40. The molecular formula is C15H21N5O3. The van der Waals surface area contributed by atoms with Gasteiger partial charge in [-0.15, -0.1) is 0 Å². The molecular weight excluding hydrogens is 298 g/mol. The Hall–Kier alpha value is -2.38. The van der Waals surface area contributed by atoms with Gasteiger partial charge in [0.05, 0.1) is 6.33 Å². The van der Waals surface area contributed by atoms with Crippen LogP contribution in [-0.2, 0) is 25.4 Å². The Morgan fingerprint density at radius 2 is 1.96 bits per heavy atom. The number of amides is 1. The first-order valence-electron chi connectivity index (χ1n) is 7.82. The van der Waals surface area contributed by atoms with Crippen LogP contribution in [0, 0.1) is 0 Å². The number of aryl methyl sites for hydroxylation is 2. The van der Waals surface area contributed by atoms with Crippen LogP contribution in [0.4, 0.5) is 0 Å². The molecule has 0 radical (unpaired) electrons. The second-order valence-electron chi connectivity index (χ2n) is 6.15. The molecule has 1 saturated heterocycles. The number of fused-ring (bicyclic) bond motifs is 1. The van der Waals surface area contributed by atoms with E-state index in [1.807, 2.05) is 11.8 Å². The Balaban J connectivity index is 1.86. The van der Waals surface area contributed by atoms with E-state index < -0.39 is 0 Å². The maximum atomic E-state index is 12.5. The highest BCUT2D eigenvalue weighted by Gasteiger charge is 2.26. The van der Waals surface area contributed by atoms with E-state index in [1.54, 1.807) is 18.7 Å². The van der Waals surface area contributed by atoms with Crippen LogP contribution in [0.1, 0.15) is 26.2 Å². The fourth-order valence-electron chi connectivity index (χ4n) is 3.22. The van der Waals surface area contributed by atoms with Crippen molar-refractivity contribution in [1.29, 1.82) is 0 Å². The highest BCUT2D eigenvalue weighted by Crippen LogP contribution is 2.18. The highest BCUT2D eigenvalue weighted by atomic mass is 16.2. The highest BCUT2D eigenvalue weighted by molar-refractivity contribution is 5.78. The van der Waals surface area contributed by atoms with Crippen LogP contribution in [0.3, 0.4) is 0 Å². The number of carbonyl (C=O) groups is 1. The quantitative estimate of drug-likeness (QED) is 0.784. The Bertz CT molecular complexity index is 876. The average Bonchev–Trinajstić information content (AvgIpc) is 3.05. The maximum Gasteiger partial charge on any atom is 0.332 e. The van der Waals surface area contributed by atoms with Crippen molar-refractivity contribution in [3.63, 3.8) is 0 Å². The third-order valence-electron chi connectivity index (χ3n) is 4.61. The molecule has 8 nitrogen and oxygen atoms in total. The van der Waals surface area contributed by atoms with Crippen molar-refractivity contribution in [1.82, 2.24) is 23.6 Å². The second-order valence-corrected chi connectivity index (χ2v) is 6.15. The van der Waals surface area contributed by atoms with E-state index >= 15 is 0 Å². The van der Waals surface area contributed by atoms with Crippen molar-refractivity contribution in [3.05, 3.63) is 27.2 Å². The molecule has 8 heteroatoms. The first-order chi connectivity index (χ1) is 10.9. The lowest BCUT2D eigenvalue weighted by atomic mass is 10.2. The summed E-state index contributed by atoms with van der Waals surface area (Å²) in [7, 11) is 3.34. The number of likely N-dealkylation sites (tertiary alicyclic amines) is 1. The molecule has 1 aliphatic rings. The molecule has 0 aromatic carbocycles. The largest absolute Gasteiger partial charge is 0.340 e. The zero-order chi connectivity index (χ0) is 16.7. The summed E-state index contributed by atoms with van der Waals surface area (Å²) in [5.41, 5.74) is 0.103. The summed E-state index contributed by atoms with van der Waals surface area (Å²) in [5.74, 6) is 0.153. The van der Waals surface area contributed by atoms with E-state index in [2.05, 4.69) is 4.98 Å². The van der Waals surface area contributed by atoms with Crippen molar-refractivity contribution in [2.75, 3.05) is 6.54 Å². The third-order valence-corrected chi connectivity index (χ3v) is 4.61. The van der Waals surface area contributed by atoms with Gasteiger partial charge >= 0.3 is 5.69 Å². The minimum Gasteiger partial charge on any atom is -0.340 e. The summed E-state index contributed by atoms with van der Waals surface area (Å²) in [4.78, 5) is 42.6. The molecule has 1 amide bonds. The summed E-state index contributed by atoms with van der Waals surface area (Å²) in [6, 6.07) is 0.238. The molecule has 2 aromatic rings. The minimum atomic E-state index is -0.373. The summed E-state index contributed by atoms with van der Waals surface area (Å²) >= 11 is 0. The summed E-state index contributed by atoms with van der Waals surface area (Å²) in [6.45, 7) is 2.89. The number of carbonyl (C=O) groups excluding carboxylic acids is 1. The zero-order valence-corrected chi connectivity index (χ0v) is 13.7. The average molecular weight is 319 g/mol. The molecule has 0 bridgehead atoms. The normalized spacial score (nSPS) is 18.3. The van der Waals surface area contributed by atoms with Crippen LogP contribution in [0.25, 0.3) is 11.2 Å². The van der Waals surface area contributed by atoms with Gasteiger partial charge in [-0.3, -0.25) is 18.7 Å². The molecule has 3 heterocycles. The smallest absolute Gasteiger partial charge is 0.332 e. The topological polar surface area (TPSA) is 82.1 Å². The molecule has 23 heavy (non-hydrogen) atoms. The van der Waals surface area contributed by atoms with Crippen LogP contribution < -0.4 is 11.2 Å². The van der Waals surface area contributed by atoms with Gasteiger partial charge in [0, 0.05) is 39.6 Å². The van der Waals surface area contributed by atoms with Gasteiger partial charge in [0.15, 0.2) is 11.2 Å². The second kappa shape index (κ2) is 5.68. The monoisotopic (exact) mass is 319 g/mol. The van der Waals surface area contributed by atoms with Crippen molar-refractivity contribution < 1.29 is 4.79 Å². The molecule has 0 saturated carbocycles. The first-order valence-corrected chi connectivity index (χ1v) is 7.82. The minimum absolute atomic E-state index is 0.153. The molecule has 1 unspecified atom stereocenters. The zero-order valence-electron chi connectivity index (χ0n) is 13.7. The van der Waals surface area contributed by atoms with E-state index in [4.69, 9.17) is 0 Å². The van der Waals surface area contributed by atoms with Gasteiger partial charge in [0.1, 0.15) is 0 Å². The fourth-order valence-corrected chi connectivity index (χ4v) is 3.22. The SMILES string of the molecule is CC1CCC(=O)N1CCCn1c(=O)c2c(ncn2C)n(C)c1=O. The van der Waals surface area contributed by atoms with Crippen molar-refractivity contribution in [2.24, 2.45) is 14.1 Å². The van der Waals surface area contributed by atoms with Gasteiger partial charge in [-0.1, -0.05) is 0 Å². The van der Waals surface area contributed by atoms with E-state index in [-0.39, 0.29) is 23.2 Å². The van der Waals surface area contributed by atoms with E-state index in [0.29, 0.717) is 37.1 Å². The van der Waals surface area contributed by atoms with Crippen LogP contribution in [-0.4, -0.2) is 42.1 Å². The standard InChI is InChI=1S/C15H21N5O3/c1-10-5-6-11(21)19(10)7-4-8-20-14(22)12-13(16-9-17(12)2)18(3)15(20)23/h9-10H,4-8H2,1-3H3. The lowest BCUT2D eigenvalue weighted by molar-refractivity contribution is -0.128. The Morgan fingerprint density at radius 1 is 1.22 bits per heavy atom. The number of imidazole rings is 1. The Kier molecular flexibility index (Phi) is 3.83. The summed E-state index contributed by atoms with van der Waals surface area (Å²) in [5, 5.41) is 0. The van der Waals surface area contributed by atoms with Gasteiger partial charge in [-0.25, -0.2) is 9.78 Å². The number of hydrogen-bond acceptors (Lipinski definition) is 4. The predicted molar refractivity (Wildman–Crippen MR) is 85.2 cm³/mol. The third kappa shape index (κ3) is 2.47. The molecule has 2 aromatic heterocycles. The summed E-state index contributed by atoms with van der Waals surface area (Å²) < 4.78 is 4.25. The molecule has 0 aliphatic carbocycles. The lowest BCUT2D eigenvalue weighted by Gasteiger charge is -2.21. The molecule has 1 aliphatic heterocycles. The van der Waals surface area contributed by atoms with Crippen LogP contribution >= 0.6 is 0 Å². The number of aromatic nitrogens is 4. The first kappa shape index (κ1) is 15.5. The van der Waals surface area contributed by atoms with Crippen LogP contribution in [0.2, 0.25) is 0 Å². The molecule has 1 atom stereocenters. The molecule has 124 valence electrons. The maximum absolute atomic E-state index is 12.5. The van der Waals surface area contributed by atoms with Crippen molar-refractivity contribution >= 4 is 17.1 Å². The van der Waals surface area contributed by atoms with Crippen LogP contribution in [0.5, 0.6) is 0 Å². The molecule has 1 fully saturated rings. The summed E-state index contributed by atoms with van der Waals surface area (Å²) in [6.07, 6.45) is 3.57. The molecule has 0 N–H and O–H groups in total. The number of hydrogen-bond donors (Lipinski definition) is 0. The number of nitrogens with zero attached hydrogens (tertiary/aromatic N) is 5. The van der Waals surface area contributed by atoms with E-state index in [1.165, 1.54) is 15.5 Å². The van der Waals surface area contributed by atoms with Gasteiger partial charge < -0.3 is 9.47 Å². The Morgan fingerprint density at radius 3 is 2.61 bits per heavy atom. The van der Waals surface area contributed by atoms with Crippen LogP contribution in [0.15, 0.2) is 15.9 Å². The van der Waals surface area contributed by atoms with E-state index in [9.17, 15) is 14.4 Å². The van der Waals surface area contributed by atoms with Gasteiger partial charge in [-0.05, 0) is 19.8 Å². The Labute approximate surface area is 132 Å². The molecule has 0 spiro atoms. The van der Waals surface area contributed by atoms with Crippen molar-refractivity contribution in [3.8, 4) is 0 Å². The van der Waals surface area contributed by atoms with Crippen molar-refractivity contribution in [2.45, 2.75) is 38.8 Å². The van der Waals surface area contributed by atoms with Gasteiger partial charge in [0.25, 0.3) is 5.56 Å². The van der Waals surface area contributed by atoms with E-state index in [0.717, 1.165) is 6.42 Å². The van der Waals surface area contributed by atoms with Gasteiger partial charge in [-0.2, -0.15) is 0 Å². The number of rotatable bonds is 4. The van der Waals surface area contributed by atoms with Gasteiger partial charge in [0.2, 0.25) is 5.91 Å².